The average Bonchev–Trinajstić information content (AvgIpc) is 2.80. The molecule has 23 heavy (non-hydrogen) atoms. The molecule has 0 aliphatic carbocycles. The molecule has 2 unspecified atom stereocenters. The summed E-state index contributed by atoms with van der Waals surface area (Å²) in [5, 5.41) is 0.0955. The van der Waals surface area contributed by atoms with E-state index in [0.717, 1.165) is 4.90 Å². The second-order valence-electron chi connectivity index (χ2n) is 5.41. The fourth-order valence-electron chi connectivity index (χ4n) is 2.91. The highest BCUT2D eigenvalue weighted by Gasteiger charge is 2.44. The maximum absolute atomic E-state index is 14.1. The molecule has 2 rings (SSSR count). The summed E-state index contributed by atoms with van der Waals surface area (Å²) in [5.74, 6) is -2.93. The van der Waals surface area contributed by atoms with Crippen molar-refractivity contribution in [1.29, 1.82) is 0 Å². The normalized spacial score (nSPS) is 22.3. The van der Waals surface area contributed by atoms with Gasteiger partial charge in [-0.25, -0.2) is 4.39 Å². The third-order valence-corrected chi connectivity index (χ3v) is 4.09. The zero-order valence-electron chi connectivity index (χ0n) is 12.4. The number of alkyl halides is 3. The van der Waals surface area contributed by atoms with Gasteiger partial charge in [-0.1, -0.05) is 17.7 Å². The largest absolute Gasteiger partial charge is 0.466 e. The second-order valence-corrected chi connectivity index (χ2v) is 5.82. The van der Waals surface area contributed by atoms with Crippen molar-refractivity contribution in [1.82, 2.24) is 4.90 Å². The van der Waals surface area contributed by atoms with Crippen LogP contribution in [-0.2, 0) is 9.53 Å². The van der Waals surface area contributed by atoms with Crippen LogP contribution in [0.3, 0.4) is 0 Å². The zero-order chi connectivity index (χ0) is 17.2. The number of hydrogen-bond acceptors (Lipinski definition) is 3. The molecule has 1 saturated heterocycles. The van der Waals surface area contributed by atoms with Crippen LogP contribution in [-0.4, -0.2) is 43.3 Å². The van der Waals surface area contributed by atoms with Gasteiger partial charge < -0.3 is 4.74 Å². The number of nitrogens with zero attached hydrogens (tertiary/aromatic N) is 1. The first kappa shape index (κ1) is 18.0. The standard InChI is InChI=1S/C15H16ClF4NO2/c1-2-23-14(22)10-7-21(8-15(18,19)20)6-9(10)13-11(16)4-3-5-12(13)17/h3-5,9-10H,2,6-8H2,1H3. The monoisotopic (exact) mass is 353 g/mol. The van der Waals surface area contributed by atoms with Gasteiger partial charge in [-0.15, -0.1) is 0 Å². The first-order valence-electron chi connectivity index (χ1n) is 7.12. The maximum Gasteiger partial charge on any atom is 0.401 e. The lowest BCUT2D eigenvalue weighted by molar-refractivity contribution is -0.151. The molecule has 0 N–H and O–H groups in total. The zero-order valence-corrected chi connectivity index (χ0v) is 13.1. The molecule has 0 amide bonds. The second kappa shape index (κ2) is 7.05. The fraction of sp³-hybridized carbons (Fsp3) is 0.533. The van der Waals surface area contributed by atoms with Gasteiger partial charge >= 0.3 is 12.1 Å². The molecule has 1 aromatic carbocycles. The lowest BCUT2D eigenvalue weighted by atomic mass is 9.88. The molecule has 8 heteroatoms. The Morgan fingerprint density at radius 1 is 1.39 bits per heavy atom. The molecule has 1 aromatic rings. The molecule has 0 spiro atoms. The molecule has 3 nitrogen and oxygen atoms in total. The highest BCUT2D eigenvalue weighted by molar-refractivity contribution is 6.31. The number of carbonyl (C=O) groups excluding carboxylic acids is 1. The van der Waals surface area contributed by atoms with Crippen LogP contribution in [0.15, 0.2) is 18.2 Å². The number of carbonyl (C=O) groups is 1. The third-order valence-electron chi connectivity index (χ3n) is 3.76. The summed E-state index contributed by atoms with van der Waals surface area (Å²) >= 11 is 6.00. The summed E-state index contributed by atoms with van der Waals surface area (Å²) in [7, 11) is 0. The van der Waals surface area contributed by atoms with E-state index in [0.29, 0.717) is 0 Å². The van der Waals surface area contributed by atoms with Crippen molar-refractivity contribution in [3.8, 4) is 0 Å². The smallest absolute Gasteiger partial charge is 0.401 e. The Balaban J connectivity index is 2.31. The summed E-state index contributed by atoms with van der Waals surface area (Å²) in [5.41, 5.74) is 0.0666. The molecule has 0 bridgehead atoms. The van der Waals surface area contributed by atoms with E-state index in [1.54, 1.807) is 6.92 Å². The lowest BCUT2D eigenvalue weighted by Gasteiger charge is -2.19. The van der Waals surface area contributed by atoms with E-state index < -0.39 is 36.3 Å². The van der Waals surface area contributed by atoms with Crippen molar-refractivity contribution in [3.63, 3.8) is 0 Å². The van der Waals surface area contributed by atoms with Crippen molar-refractivity contribution in [2.75, 3.05) is 26.2 Å². The third kappa shape index (κ3) is 4.35. The van der Waals surface area contributed by atoms with Gasteiger partial charge in [0.25, 0.3) is 0 Å². The minimum atomic E-state index is -4.40. The average molecular weight is 354 g/mol. The van der Waals surface area contributed by atoms with E-state index in [9.17, 15) is 22.4 Å². The van der Waals surface area contributed by atoms with E-state index in [2.05, 4.69) is 0 Å². The molecular formula is C15H16ClF4NO2. The van der Waals surface area contributed by atoms with Crippen molar-refractivity contribution < 1.29 is 27.1 Å². The minimum Gasteiger partial charge on any atom is -0.466 e. The number of benzene rings is 1. The highest BCUT2D eigenvalue weighted by atomic mass is 35.5. The Morgan fingerprint density at radius 3 is 2.65 bits per heavy atom. The first-order valence-corrected chi connectivity index (χ1v) is 7.50. The Bertz CT molecular complexity index is 559. The molecule has 1 fully saturated rings. The molecular weight excluding hydrogens is 338 g/mol. The Labute approximate surface area is 136 Å². The molecule has 1 heterocycles. The van der Waals surface area contributed by atoms with Gasteiger partial charge in [0.15, 0.2) is 0 Å². The number of halogens is 5. The first-order chi connectivity index (χ1) is 10.7. The van der Waals surface area contributed by atoms with Gasteiger partial charge in [0.2, 0.25) is 0 Å². The van der Waals surface area contributed by atoms with Crippen LogP contribution in [0.25, 0.3) is 0 Å². The minimum absolute atomic E-state index is 0.0666. The van der Waals surface area contributed by atoms with E-state index in [1.807, 2.05) is 0 Å². The molecule has 128 valence electrons. The lowest BCUT2D eigenvalue weighted by Crippen LogP contribution is -2.33. The molecule has 1 aliphatic heterocycles. The Morgan fingerprint density at radius 2 is 2.09 bits per heavy atom. The van der Waals surface area contributed by atoms with E-state index in [-0.39, 0.29) is 30.3 Å². The van der Waals surface area contributed by atoms with Crippen LogP contribution in [0.5, 0.6) is 0 Å². The van der Waals surface area contributed by atoms with Gasteiger partial charge in [0.1, 0.15) is 5.82 Å². The topological polar surface area (TPSA) is 29.5 Å². The van der Waals surface area contributed by atoms with Crippen LogP contribution in [0.2, 0.25) is 5.02 Å². The summed E-state index contributed by atoms with van der Waals surface area (Å²) < 4.78 is 56.9. The molecule has 0 aromatic heterocycles. The van der Waals surface area contributed by atoms with Crippen molar-refractivity contribution in [3.05, 3.63) is 34.6 Å². The van der Waals surface area contributed by atoms with Gasteiger partial charge in [-0.3, -0.25) is 9.69 Å². The SMILES string of the molecule is CCOC(=O)C1CN(CC(F)(F)F)CC1c1c(F)cccc1Cl. The number of rotatable bonds is 4. The van der Waals surface area contributed by atoms with Gasteiger partial charge in [0.05, 0.1) is 19.1 Å². The van der Waals surface area contributed by atoms with E-state index in [4.69, 9.17) is 16.3 Å². The summed E-state index contributed by atoms with van der Waals surface area (Å²) in [6, 6.07) is 4.04. The quantitative estimate of drug-likeness (QED) is 0.611. The summed E-state index contributed by atoms with van der Waals surface area (Å²) in [6.45, 7) is 0.292. The molecule has 2 atom stereocenters. The van der Waals surface area contributed by atoms with E-state index in [1.165, 1.54) is 18.2 Å². The predicted octanol–water partition coefficient (Wildman–Crippen LogP) is 3.62. The van der Waals surface area contributed by atoms with Crippen LogP contribution < -0.4 is 0 Å². The van der Waals surface area contributed by atoms with Gasteiger partial charge in [-0.05, 0) is 19.1 Å². The fourth-order valence-corrected chi connectivity index (χ4v) is 3.22. The Hall–Kier alpha value is -1.34. The summed E-state index contributed by atoms with van der Waals surface area (Å²) in [4.78, 5) is 13.1. The van der Waals surface area contributed by atoms with Crippen LogP contribution in [0.4, 0.5) is 17.6 Å². The Kier molecular flexibility index (Phi) is 5.52. The molecule has 1 aliphatic rings. The molecule has 0 radical (unpaired) electrons. The highest BCUT2D eigenvalue weighted by Crippen LogP contribution is 2.39. The predicted molar refractivity (Wildman–Crippen MR) is 76.8 cm³/mol. The van der Waals surface area contributed by atoms with E-state index >= 15 is 0 Å². The van der Waals surface area contributed by atoms with Gasteiger partial charge in [-0.2, -0.15) is 13.2 Å². The van der Waals surface area contributed by atoms with Crippen LogP contribution in [0, 0.1) is 11.7 Å². The number of esters is 1. The maximum atomic E-state index is 14.1. The number of likely N-dealkylation sites (tertiary alicyclic amines) is 1. The number of hydrogen-bond donors (Lipinski definition) is 0. The number of ether oxygens (including phenoxy) is 1. The van der Waals surface area contributed by atoms with Crippen molar-refractivity contribution in [2.24, 2.45) is 5.92 Å². The van der Waals surface area contributed by atoms with Crippen molar-refractivity contribution >= 4 is 17.6 Å². The van der Waals surface area contributed by atoms with Crippen LogP contribution >= 0.6 is 11.6 Å². The van der Waals surface area contributed by atoms with Gasteiger partial charge in [0, 0.05) is 29.6 Å². The molecule has 0 saturated carbocycles. The summed E-state index contributed by atoms with van der Waals surface area (Å²) in [6.07, 6.45) is -4.40. The van der Waals surface area contributed by atoms with Crippen molar-refractivity contribution in [2.45, 2.75) is 19.0 Å². The van der Waals surface area contributed by atoms with Crippen LogP contribution in [0.1, 0.15) is 18.4 Å².